The van der Waals surface area contributed by atoms with Gasteiger partial charge in [0.15, 0.2) is 0 Å². The molecule has 0 radical (unpaired) electrons. The Hall–Kier alpha value is -1.42. The molecule has 0 bridgehead atoms. The van der Waals surface area contributed by atoms with Crippen molar-refractivity contribution in [2.45, 2.75) is 6.42 Å². The zero-order chi connectivity index (χ0) is 12.0. The van der Waals surface area contributed by atoms with E-state index in [1.807, 2.05) is 12.1 Å². The molecule has 0 unspecified atom stereocenters. The van der Waals surface area contributed by atoms with E-state index in [-0.39, 0.29) is 0 Å². The molecule has 16 heavy (non-hydrogen) atoms. The molecular weight excluding hydrogens is 251 g/mol. The topological polar surface area (TPSA) is 81.8 Å². The third-order valence-electron chi connectivity index (χ3n) is 1.80. The van der Waals surface area contributed by atoms with Gasteiger partial charge in [-0.3, -0.25) is 0 Å². The Bertz CT molecular complexity index is 421. The summed E-state index contributed by atoms with van der Waals surface area (Å²) < 4.78 is 0. The summed E-state index contributed by atoms with van der Waals surface area (Å²) in [6, 6.07) is 5.37. The molecule has 1 aliphatic rings. The highest BCUT2D eigenvalue weighted by molar-refractivity contribution is 6.35. The molecule has 1 aromatic carbocycles. The van der Waals surface area contributed by atoms with Crippen molar-refractivity contribution in [1.29, 1.82) is 5.53 Å². The maximum Gasteiger partial charge on any atom is 0.122 e. The average molecular weight is 259 g/mol. The molecule has 1 aliphatic heterocycles. The van der Waals surface area contributed by atoms with Gasteiger partial charge in [-0.15, -0.1) is 5.53 Å². The highest BCUT2D eigenvalue weighted by Gasteiger charge is 2.11. The first kappa shape index (κ1) is 12.6. The minimum absolute atomic E-state index is 0.622. The number of nitrogens with one attached hydrogen (secondary N) is 1. The highest BCUT2D eigenvalue weighted by Crippen LogP contribution is 2.21. The lowest BCUT2D eigenvalue weighted by Crippen LogP contribution is -1.96. The number of hydrogen-bond acceptors (Lipinski definition) is 3. The van der Waals surface area contributed by atoms with Gasteiger partial charge in [0.05, 0.1) is 5.71 Å². The Morgan fingerprint density at radius 2 is 1.88 bits per heavy atom. The number of benzene rings is 1. The number of nitrogens with zero attached hydrogens (tertiary/aromatic N) is 3. The molecular formula is C9H8Cl2N4O. The van der Waals surface area contributed by atoms with Gasteiger partial charge < -0.3 is 4.84 Å². The number of halogens is 2. The van der Waals surface area contributed by atoms with Crippen LogP contribution in [-0.2, 0) is 4.84 Å². The SMILES string of the molecule is Clc1cc(Cl)cc(C2=NOCC2)c1.[N-]=[N+]=N. The second-order valence-electron chi connectivity index (χ2n) is 2.88. The van der Waals surface area contributed by atoms with E-state index in [0.29, 0.717) is 16.7 Å². The van der Waals surface area contributed by atoms with E-state index in [4.69, 9.17) is 39.1 Å². The van der Waals surface area contributed by atoms with Gasteiger partial charge in [-0.2, -0.15) is 0 Å². The summed E-state index contributed by atoms with van der Waals surface area (Å²) in [6.07, 6.45) is 0.816. The lowest BCUT2D eigenvalue weighted by molar-refractivity contribution is 0.174. The molecule has 0 aromatic heterocycles. The molecule has 0 amide bonds. The lowest BCUT2D eigenvalue weighted by atomic mass is 10.1. The molecule has 1 N–H and O–H groups in total. The van der Waals surface area contributed by atoms with Crippen molar-refractivity contribution in [1.82, 2.24) is 0 Å². The van der Waals surface area contributed by atoms with E-state index >= 15 is 0 Å². The summed E-state index contributed by atoms with van der Waals surface area (Å²) in [5, 5.41) is 5.13. The van der Waals surface area contributed by atoms with Crippen molar-refractivity contribution in [3.8, 4) is 0 Å². The first-order valence-electron chi connectivity index (χ1n) is 4.33. The predicted molar refractivity (Wildman–Crippen MR) is 63.0 cm³/mol. The van der Waals surface area contributed by atoms with Gasteiger partial charge >= 0.3 is 0 Å². The molecule has 0 saturated heterocycles. The van der Waals surface area contributed by atoms with Crippen molar-refractivity contribution < 1.29 is 4.84 Å². The van der Waals surface area contributed by atoms with Crippen LogP contribution in [0.1, 0.15) is 12.0 Å². The van der Waals surface area contributed by atoms with Crippen LogP contribution in [0.2, 0.25) is 10.0 Å². The van der Waals surface area contributed by atoms with Gasteiger partial charge in [0.1, 0.15) is 6.61 Å². The second kappa shape index (κ2) is 6.23. The maximum atomic E-state index is 6.86. The van der Waals surface area contributed by atoms with Crippen LogP contribution in [0.15, 0.2) is 23.4 Å². The van der Waals surface area contributed by atoms with E-state index < -0.39 is 0 Å². The minimum Gasteiger partial charge on any atom is -0.395 e. The predicted octanol–water partition coefficient (Wildman–Crippen LogP) is 3.99. The van der Waals surface area contributed by atoms with Crippen LogP contribution in [0.4, 0.5) is 0 Å². The van der Waals surface area contributed by atoms with Crippen LogP contribution in [0.5, 0.6) is 0 Å². The van der Waals surface area contributed by atoms with Gasteiger partial charge in [-0.25, -0.2) is 0 Å². The van der Waals surface area contributed by atoms with E-state index in [1.165, 1.54) is 0 Å². The van der Waals surface area contributed by atoms with E-state index in [9.17, 15) is 0 Å². The summed E-state index contributed by atoms with van der Waals surface area (Å²) in [7, 11) is 0. The quantitative estimate of drug-likeness (QED) is 0.461. The first-order chi connectivity index (χ1) is 7.67. The molecule has 1 heterocycles. The minimum atomic E-state index is 0.622. The highest BCUT2D eigenvalue weighted by atomic mass is 35.5. The average Bonchev–Trinajstić information content (AvgIpc) is 2.69. The van der Waals surface area contributed by atoms with Crippen LogP contribution in [0, 0.1) is 5.53 Å². The summed E-state index contributed by atoms with van der Waals surface area (Å²) >= 11 is 11.7. The van der Waals surface area contributed by atoms with Gasteiger partial charge in [0, 0.05) is 22.0 Å². The molecule has 0 saturated carbocycles. The Morgan fingerprint density at radius 1 is 1.31 bits per heavy atom. The van der Waals surface area contributed by atoms with Crippen LogP contribution in [-0.4, -0.2) is 12.3 Å². The number of oxime groups is 1. The molecule has 1 aromatic rings. The molecule has 0 atom stereocenters. The van der Waals surface area contributed by atoms with Crippen molar-refractivity contribution in [2.24, 2.45) is 5.16 Å². The molecule has 0 fully saturated rings. The Morgan fingerprint density at radius 3 is 2.31 bits per heavy atom. The van der Waals surface area contributed by atoms with Gasteiger partial charge in [0.25, 0.3) is 0 Å². The van der Waals surface area contributed by atoms with E-state index in [0.717, 1.165) is 17.7 Å². The standard InChI is InChI=1S/C9H7Cl2NO.HN3/c10-7-3-6(4-8(11)5-7)9-1-2-13-12-9;1-3-2/h3-5H,1-2H2;1H. The summed E-state index contributed by atoms with van der Waals surface area (Å²) in [4.78, 5) is 6.64. The van der Waals surface area contributed by atoms with E-state index in [2.05, 4.69) is 5.16 Å². The zero-order valence-electron chi connectivity index (χ0n) is 8.15. The van der Waals surface area contributed by atoms with Gasteiger partial charge in [0.2, 0.25) is 0 Å². The van der Waals surface area contributed by atoms with Gasteiger partial charge in [-0.1, -0.05) is 28.4 Å². The fourth-order valence-corrected chi connectivity index (χ4v) is 1.76. The Balaban J connectivity index is 0.000000386. The summed E-state index contributed by atoms with van der Waals surface area (Å²) in [5.74, 6) is 0. The third-order valence-corrected chi connectivity index (χ3v) is 2.24. The molecule has 7 heteroatoms. The van der Waals surface area contributed by atoms with Crippen LogP contribution in [0.3, 0.4) is 0 Å². The largest absolute Gasteiger partial charge is 0.395 e. The summed E-state index contributed by atoms with van der Waals surface area (Å²) in [5.41, 5.74) is 14.1. The van der Waals surface area contributed by atoms with Crippen molar-refractivity contribution in [3.05, 3.63) is 44.3 Å². The summed E-state index contributed by atoms with van der Waals surface area (Å²) in [6.45, 7) is 0.638. The normalized spacial score (nSPS) is 13.0. The van der Waals surface area contributed by atoms with Crippen molar-refractivity contribution >= 4 is 28.9 Å². The molecule has 0 spiro atoms. The van der Waals surface area contributed by atoms with Crippen molar-refractivity contribution in [2.75, 3.05) is 6.61 Å². The Kier molecular flexibility index (Phi) is 4.92. The lowest BCUT2D eigenvalue weighted by Gasteiger charge is -1.99. The van der Waals surface area contributed by atoms with Gasteiger partial charge in [-0.05, 0) is 28.6 Å². The molecule has 84 valence electrons. The molecule has 2 rings (SSSR count). The maximum absolute atomic E-state index is 6.86. The fraction of sp³-hybridized carbons (Fsp3) is 0.222. The first-order valence-corrected chi connectivity index (χ1v) is 5.09. The van der Waals surface area contributed by atoms with Crippen LogP contribution < -0.4 is 0 Å². The number of hydrogen-bond donors (Lipinski definition) is 1. The van der Waals surface area contributed by atoms with Crippen LogP contribution in [0.25, 0.3) is 10.4 Å². The Labute approximate surface area is 102 Å². The van der Waals surface area contributed by atoms with Crippen molar-refractivity contribution in [3.63, 3.8) is 0 Å². The van der Waals surface area contributed by atoms with Crippen LogP contribution >= 0.6 is 23.2 Å². The monoisotopic (exact) mass is 258 g/mol. The molecule has 0 aliphatic carbocycles. The fourth-order valence-electron chi connectivity index (χ4n) is 1.23. The van der Waals surface area contributed by atoms with E-state index in [1.54, 1.807) is 11.0 Å². The third kappa shape index (κ3) is 3.62. The molecule has 5 nitrogen and oxygen atoms in total. The number of rotatable bonds is 1. The second-order valence-corrected chi connectivity index (χ2v) is 3.75. The zero-order valence-corrected chi connectivity index (χ0v) is 9.66. The smallest absolute Gasteiger partial charge is 0.122 e.